The van der Waals surface area contributed by atoms with Gasteiger partial charge in [0.15, 0.2) is 11.5 Å². The number of aryl methyl sites for hydroxylation is 1. The van der Waals surface area contributed by atoms with Crippen molar-refractivity contribution in [1.29, 1.82) is 0 Å². The number of nitrogens with zero attached hydrogens (tertiary/aromatic N) is 2. The molecule has 0 aliphatic carbocycles. The van der Waals surface area contributed by atoms with Crippen molar-refractivity contribution in [1.82, 2.24) is 9.97 Å². The summed E-state index contributed by atoms with van der Waals surface area (Å²) in [4.78, 5) is 8.68. The van der Waals surface area contributed by atoms with Crippen LogP contribution in [0.25, 0.3) is 0 Å². The lowest BCUT2D eigenvalue weighted by atomic mass is 10.2. The molecule has 1 aromatic carbocycles. The van der Waals surface area contributed by atoms with E-state index < -0.39 is 0 Å². The topological polar surface area (TPSA) is 68.3 Å². The van der Waals surface area contributed by atoms with Crippen molar-refractivity contribution in [3.8, 4) is 11.5 Å². The summed E-state index contributed by atoms with van der Waals surface area (Å²) in [6.07, 6.45) is 1.79. The highest BCUT2D eigenvalue weighted by molar-refractivity contribution is 5.70. The molecule has 22 heavy (non-hydrogen) atoms. The molecule has 2 aromatic rings. The number of rotatable bonds is 4. The average Bonchev–Trinajstić information content (AvgIpc) is 3.02. The van der Waals surface area contributed by atoms with E-state index in [1.165, 1.54) is 0 Å². The van der Waals surface area contributed by atoms with E-state index in [9.17, 15) is 0 Å². The summed E-state index contributed by atoms with van der Waals surface area (Å²) in [6, 6.07) is 5.73. The van der Waals surface area contributed by atoms with E-state index in [4.69, 9.17) is 9.47 Å². The van der Waals surface area contributed by atoms with Crippen molar-refractivity contribution in [3.05, 3.63) is 30.0 Å². The number of para-hydroxylation sites is 1. The Hall–Kier alpha value is -2.50. The van der Waals surface area contributed by atoms with Crippen molar-refractivity contribution >= 4 is 17.5 Å². The Morgan fingerprint density at radius 1 is 1.23 bits per heavy atom. The van der Waals surface area contributed by atoms with Crippen LogP contribution in [0.15, 0.2) is 24.4 Å². The second-order valence-corrected chi connectivity index (χ2v) is 4.42. The Morgan fingerprint density at radius 2 is 2.05 bits per heavy atom. The van der Waals surface area contributed by atoms with Gasteiger partial charge in [-0.15, -0.1) is 0 Å². The van der Waals surface area contributed by atoms with Crippen molar-refractivity contribution in [2.45, 2.75) is 27.7 Å². The largest absolute Gasteiger partial charge is 0.454 e. The Kier molecular flexibility index (Phi) is 5.41. The van der Waals surface area contributed by atoms with Crippen molar-refractivity contribution in [2.75, 3.05) is 24.0 Å². The van der Waals surface area contributed by atoms with Gasteiger partial charge in [0, 0.05) is 18.3 Å². The van der Waals surface area contributed by atoms with E-state index in [2.05, 4.69) is 20.6 Å². The van der Waals surface area contributed by atoms with Gasteiger partial charge in [-0.1, -0.05) is 19.9 Å². The molecule has 1 aliphatic heterocycles. The predicted octanol–water partition coefficient (Wildman–Crippen LogP) is 3.72. The SMILES string of the molecule is CC.CCNc1ncc(C)c(Nc2cccc3c2OCO3)n1. The molecule has 6 heteroatoms. The van der Waals surface area contributed by atoms with Gasteiger partial charge in [-0.05, 0) is 26.0 Å². The normalized spacial score (nSPS) is 11.5. The molecule has 3 rings (SSSR count). The third-order valence-corrected chi connectivity index (χ3v) is 2.96. The molecule has 0 saturated carbocycles. The smallest absolute Gasteiger partial charge is 0.231 e. The van der Waals surface area contributed by atoms with Crippen LogP contribution in [0.3, 0.4) is 0 Å². The maximum absolute atomic E-state index is 5.48. The number of hydrogen-bond donors (Lipinski definition) is 2. The van der Waals surface area contributed by atoms with Crippen LogP contribution < -0.4 is 20.1 Å². The van der Waals surface area contributed by atoms with Gasteiger partial charge in [-0.25, -0.2) is 4.98 Å². The number of benzene rings is 1. The zero-order valence-electron chi connectivity index (χ0n) is 13.4. The fourth-order valence-corrected chi connectivity index (χ4v) is 1.97. The van der Waals surface area contributed by atoms with Gasteiger partial charge >= 0.3 is 0 Å². The van der Waals surface area contributed by atoms with Crippen LogP contribution in [0, 0.1) is 6.92 Å². The summed E-state index contributed by atoms with van der Waals surface area (Å²) in [6.45, 7) is 8.99. The zero-order chi connectivity index (χ0) is 15.9. The van der Waals surface area contributed by atoms with E-state index >= 15 is 0 Å². The third kappa shape index (κ3) is 3.39. The molecule has 1 aromatic heterocycles. The van der Waals surface area contributed by atoms with Crippen molar-refractivity contribution in [2.24, 2.45) is 0 Å². The second-order valence-electron chi connectivity index (χ2n) is 4.42. The third-order valence-electron chi connectivity index (χ3n) is 2.96. The lowest BCUT2D eigenvalue weighted by Crippen LogP contribution is -2.05. The van der Waals surface area contributed by atoms with E-state index in [1.54, 1.807) is 6.20 Å². The Balaban J connectivity index is 0.000000847. The summed E-state index contributed by atoms with van der Waals surface area (Å²) in [7, 11) is 0. The van der Waals surface area contributed by atoms with Crippen LogP contribution in [0.2, 0.25) is 0 Å². The Bertz CT molecular complexity index is 632. The minimum absolute atomic E-state index is 0.249. The first kappa shape index (κ1) is 15.9. The summed E-state index contributed by atoms with van der Waals surface area (Å²) in [5.74, 6) is 2.81. The second kappa shape index (κ2) is 7.49. The van der Waals surface area contributed by atoms with Gasteiger partial charge in [0.25, 0.3) is 0 Å². The van der Waals surface area contributed by atoms with Crippen LogP contribution in [0.1, 0.15) is 26.3 Å². The van der Waals surface area contributed by atoms with Gasteiger partial charge in [-0.3, -0.25) is 0 Å². The first-order valence-electron chi connectivity index (χ1n) is 7.51. The highest BCUT2D eigenvalue weighted by Gasteiger charge is 2.18. The van der Waals surface area contributed by atoms with Crippen LogP contribution in [-0.4, -0.2) is 23.3 Å². The van der Waals surface area contributed by atoms with Crippen LogP contribution in [0.4, 0.5) is 17.5 Å². The van der Waals surface area contributed by atoms with E-state index in [0.717, 1.165) is 35.1 Å². The minimum Gasteiger partial charge on any atom is -0.454 e. The fraction of sp³-hybridized carbons (Fsp3) is 0.375. The Morgan fingerprint density at radius 3 is 2.82 bits per heavy atom. The highest BCUT2D eigenvalue weighted by atomic mass is 16.7. The molecule has 0 fully saturated rings. The first-order chi connectivity index (χ1) is 10.8. The molecule has 2 N–H and O–H groups in total. The van der Waals surface area contributed by atoms with Gasteiger partial charge in [0.2, 0.25) is 12.7 Å². The molecule has 6 nitrogen and oxygen atoms in total. The molecule has 0 atom stereocenters. The number of fused-ring (bicyclic) bond motifs is 1. The predicted molar refractivity (Wildman–Crippen MR) is 88.1 cm³/mol. The molecule has 0 spiro atoms. The molecule has 1 aliphatic rings. The molecular weight excluding hydrogens is 280 g/mol. The fourth-order valence-electron chi connectivity index (χ4n) is 1.97. The van der Waals surface area contributed by atoms with E-state index in [1.807, 2.05) is 45.9 Å². The monoisotopic (exact) mass is 302 g/mol. The van der Waals surface area contributed by atoms with Crippen LogP contribution in [0.5, 0.6) is 11.5 Å². The van der Waals surface area contributed by atoms with Gasteiger partial charge in [-0.2, -0.15) is 4.98 Å². The quantitative estimate of drug-likeness (QED) is 0.897. The van der Waals surface area contributed by atoms with Crippen molar-refractivity contribution in [3.63, 3.8) is 0 Å². The number of nitrogens with one attached hydrogen (secondary N) is 2. The van der Waals surface area contributed by atoms with Gasteiger partial charge in [0.1, 0.15) is 5.82 Å². The molecule has 0 amide bonds. The highest BCUT2D eigenvalue weighted by Crippen LogP contribution is 2.40. The number of ether oxygens (including phenoxy) is 2. The summed E-state index contributed by atoms with van der Waals surface area (Å²) >= 11 is 0. The summed E-state index contributed by atoms with van der Waals surface area (Å²) in [5.41, 5.74) is 1.80. The zero-order valence-corrected chi connectivity index (χ0v) is 13.4. The molecule has 0 radical (unpaired) electrons. The lowest BCUT2D eigenvalue weighted by Gasteiger charge is -2.11. The lowest BCUT2D eigenvalue weighted by molar-refractivity contribution is 0.174. The summed E-state index contributed by atoms with van der Waals surface area (Å²) < 4.78 is 10.8. The maximum Gasteiger partial charge on any atom is 0.231 e. The Labute approximate surface area is 130 Å². The average molecular weight is 302 g/mol. The van der Waals surface area contributed by atoms with E-state index in [0.29, 0.717) is 5.95 Å². The molecule has 0 unspecified atom stereocenters. The minimum atomic E-state index is 0.249. The molecule has 0 bridgehead atoms. The van der Waals surface area contributed by atoms with Crippen molar-refractivity contribution < 1.29 is 9.47 Å². The first-order valence-corrected chi connectivity index (χ1v) is 7.51. The van der Waals surface area contributed by atoms with Gasteiger partial charge < -0.3 is 20.1 Å². The standard InChI is InChI=1S/C14H16N4O2.C2H6/c1-3-15-14-16-7-9(2)13(18-14)17-10-5-4-6-11-12(10)20-8-19-11;1-2/h4-7H,3,8H2,1-2H3,(H2,15,16,17,18);1-2H3. The van der Waals surface area contributed by atoms with E-state index in [-0.39, 0.29) is 6.79 Å². The maximum atomic E-state index is 5.48. The molecule has 118 valence electrons. The van der Waals surface area contributed by atoms with Crippen LogP contribution in [-0.2, 0) is 0 Å². The number of aromatic nitrogens is 2. The number of anilines is 3. The summed E-state index contributed by atoms with van der Waals surface area (Å²) in [5, 5.41) is 6.37. The van der Waals surface area contributed by atoms with Crippen LogP contribution >= 0.6 is 0 Å². The molecule has 2 heterocycles. The van der Waals surface area contributed by atoms with Gasteiger partial charge in [0.05, 0.1) is 5.69 Å². The number of hydrogen-bond acceptors (Lipinski definition) is 6. The molecule has 0 saturated heterocycles. The molecular formula is C16H22N4O2.